The first-order valence-corrected chi connectivity index (χ1v) is 9.90. The molecule has 4 nitrogen and oxygen atoms in total. The second kappa shape index (κ2) is 7.35. The number of hydrogen-bond acceptors (Lipinski definition) is 3. The fraction of sp³-hybridized carbons (Fsp3) is 0.435. The molecule has 1 amide bonds. The highest BCUT2D eigenvalue weighted by atomic mass is 16.5. The molecule has 2 aliphatic heterocycles. The Morgan fingerprint density at radius 1 is 1.26 bits per heavy atom. The van der Waals surface area contributed by atoms with Gasteiger partial charge in [-0.15, -0.1) is 0 Å². The zero-order valence-corrected chi connectivity index (χ0v) is 16.0. The summed E-state index contributed by atoms with van der Waals surface area (Å²) in [6.07, 6.45) is 3.05. The molecule has 0 saturated carbocycles. The van der Waals surface area contributed by atoms with Gasteiger partial charge in [-0.2, -0.15) is 0 Å². The van der Waals surface area contributed by atoms with Gasteiger partial charge in [0.15, 0.2) is 0 Å². The number of likely N-dealkylation sites (tertiary alicyclic amines) is 1. The van der Waals surface area contributed by atoms with Crippen molar-refractivity contribution in [3.63, 3.8) is 0 Å². The topological polar surface area (TPSA) is 55.6 Å². The molecule has 2 heterocycles. The van der Waals surface area contributed by atoms with E-state index in [0.29, 0.717) is 0 Å². The molecule has 0 aliphatic carbocycles. The van der Waals surface area contributed by atoms with E-state index in [1.807, 2.05) is 37.3 Å². The molecule has 2 aromatic carbocycles. The third kappa shape index (κ3) is 3.46. The molecule has 142 valence electrons. The number of fused-ring (bicyclic) bond motifs is 1. The van der Waals surface area contributed by atoms with Crippen molar-refractivity contribution in [2.24, 2.45) is 11.7 Å². The highest BCUT2D eigenvalue weighted by molar-refractivity contribution is 5.86. The van der Waals surface area contributed by atoms with E-state index >= 15 is 0 Å². The second-order valence-electron chi connectivity index (χ2n) is 8.01. The Morgan fingerprint density at radius 2 is 2.07 bits per heavy atom. The summed E-state index contributed by atoms with van der Waals surface area (Å²) in [5, 5.41) is 0. The van der Waals surface area contributed by atoms with Crippen LogP contribution in [0.2, 0.25) is 0 Å². The van der Waals surface area contributed by atoms with Crippen molar-refractivity contribution < 1.29 is 9.53 Å². The van der Waals surface area contributed by atoms with Crippen molar-refractivity contribution in [2.75, 3.05) is 26.2 Å². The fourth-order valence-electron chi connectivity index (χ4n) is 4.55. The minimum Gasteiger partial charge on any atom is -0.493 e. The van der Waals surface area contributed by atoms with E-state index in [1.165, 1.54) is 11.1 Å². The zero-order valence-electron chi connectivity index (χ0n) is 16.0. The van der Waals surface area contributed by atoms with Gasteiger partial charge in [0.05, 0.1) is 12.0 Å². The summed E-state index contributed by atoms with van der Waals surface area (Å²) in [4.78, 5) is 14.9. The Morgan fingerprint density at radius 3 is 2.85 bits per heavy atom. The summed E-state index contributed by atoms with van der Waals surface area (Å²) >= 11 is 0. The standard InChI is InChI=1S/C23H28N2O2/c1-23(22(24)26,19-5-3-2-4-6-19)20-10-13-25(16-20)12-9-17-7-8-21-18(15-17)11-14-27-21/h2-8,15,20H,9-14,16H2,1H3,(H2,24,26)/t20-,23-/m0/s1. The average Bonchev–Trinajstić information content (AvgIpc) is 3.35. The van der Waals surface area contributed by atoms with E-state index in [1.54, 1.807) is 0 Å². The van der Waals surface area contributed by atoms with Gasteiger partial charge in [0.2, 0.25) is 5.91 Å². The fourth-order valence-corrected chi connectivity index (χ4v) is 4.55. The van der Waals surface area contributed by atoms with Crippen LogP contribution in [0.1, 0.15) is 30.0 Å². The van der Waals surface area contributed by atoms with Crippen LogP contribution in [0.15, 0.2) is 48.5 Å². The minimum atomic E-state index is -0.610. The first-order valence-electron chi connectivity index (χ1n) is 9.90. The molecule has 0 radical (unpaired) electrons. The lowest BCUT2D eigenvalue weighted by Gasteiger charge is -2.33. The molecule has 0 bridgehead atoms. The van der Waals surface area contributed by atoms with Gasteiger partial charge in [0, 0.05) is 19.5 Å². The number of amides is 1. The van der Waals surface area contributed by atoms with Crippen LogP contribution in [0.5, 0.6) is 5.75 Å². The molecule has 1 fully saturated rings. The Bertz CT molecular complexity index is 820. The molecule has 0 aromatic heterocycles. The van der Waals surface area contributed by atoms with Gasteiger partial charge in [-0.3, -0.25) is 4.79 Å². The Kier molecular flexibility index (Phi) is 4.92. The van der Waals surface area contributed by atoms with E-state index in [2.05, 4.69) is 23.1 Å². The van der Waals surface area contributed by atoms with Crippen molar-refractivity contribution in [3.05, 3.63) is 65.2 Å². The number of carbonyl (C=O) groups excluding carboxylic acids is 1. The molecule has 2 aromatic rings. The quantitative estimate of drug-likeness (QED) is 0.857. The lowest BCUT2D eigenvalue weighted by molar-refractivity contribution is -0.124. The minimum absolute atomic E-state index is 0.223. The van der Waals surface area contributed by atoms with Crippen LogP contribution in [0, 0.1) is 5.92 Å². The van der Waals surface area contributed by atoms with Gasteiger partial charge in [-0.1, -0.05) is 42.5 Å². The molecule has 0 unspecified atom stereocenters. The van der Waals surface area contributed by atoms with Gasteiger partial charge in [0.1, 0.15) is 5.75 Å². The van der Waals surface area contributed by atoms with Crippen LogP contribution < -0.4 is 10.5 Å². The number of nitrogens with two attached hydrogens (primary N) is 1. The molecule has 1 saturated heterocycles. The summed E-state index contributed by atoms with van der Waals surface area (Å²) < 4.78 is 5.59. The third-order valence-corrected chi connectivity index (χ3v) is 6.44. The molecular weight excluding hydrogens is 336 g/mol. The van der Waals surface area contributed by atoms with E-state index in [-0.39, 0.29) is 11.8 Å². The lowest BCUT2D eigenvalue weighted by atomic mass is 9.70. The van der Waals surface area contributed by atoms with Crippen molar-refractivity contribution in [2.45, 2.75) is 31.6 Å². The van der Waals surface area contributed by atoms with Crippen molar-refractivity contribution >= 4 is 5.91 Å². The van der Waals surface area contributed by atoms with Crippen molar-refractivity contribution in [1.29, 1.82) is 0 Å². The van der Waals surface area contributed by atoms with Crippen LogP contribution in [0.25, 0.3) is 0 Å². The SMILES string of the molecule is C[C@](C(N)=O)(c1ccccc1)[C@H]1CCN(CCc2ccc3c(c2)CCO3)C1. The Hall–Kier alpha value is -2.33. The van der Waals surface area contributed by atoms with Crippen LogP contribution in [0.3, 0.4) is 0 Å². The summed E-state index contributed by atoms with van der Waals surface area (Å²) in [6, 6.07) is 16.6. The number of benzene rings is 2. The second-order valence-corrected chi connectivity index (χ2v) is 8.01. The third-order valence-electron chi connectivity index (χ3n) is 6.44. The highest BCUT2D eigenvalue weighted by Crippen LogP contribution is 2.38. The first kappa shape index (κ1) is 18.1. The molecule has 2 N–H and O–H groups in total. The van der Waals surface area contributed by atoms with Gasteiger partial charge < -0.3 is 15.4 Å². The lowest BCUT2D eigenvalue weighted by Crippen LogP contribution is -2.46. The highest BCUT2D eigenvalue weighted by Gasteiger charge is 2.44. The summed E-state index contributed by atoms with van der Waals surface area (Å²) in [5.41, 5.74) is 8.99. The van der Waals surface area contributed by atoms with Gasteiger partial charge in [-0.05, 0) is 55.0 Å². The number of hydrogen-bond donors (Lipinski definition) is 1. The normalized spacial score (nSPS) is 21.4. The molecule has 4 rings (SSSR count). The van der Waals surface area contributed by atoms with E-state index in [0.717, 1.165) is 56.8 Å². The number of primary amides is 1. The molecule has 2 atom stereocenters. The maximum atomic E-state index is 12.4. The summed E-state index contributed by atoms with van der Waals surface area (Å²) in [7, 11) is 0. The van der Waals surface area contributed by atoms with Crippen LogP contribution >= 0.6 is 0 Å². The van der Waals surface area contributed by atoms with Crippen LogP contribution in [0.4, 0.5) is 0 Å². The maximum Gasteiger partial charge on any atom is 0.228 e. The molecule has 0 spiro atoms. The number of carbonyl (C=O) groups is 1. The molecular formula is C23H28N2O2. The predicted molar refractivity (Wildman–Crippen MR) is 107 cm³/mol. The van der Waals surface area contributed by atoms with Gasteiger partial charge >= 0.3 is 0 Å². The molecule has 2 aliphatic rings. The van der Waals surface area contributed by atoms with E-state index < -0.39 is 5.41 Å². The number of rotatable bonds is 6. The van der Waals surface area contributed by atoms with Crippen molar-refractivity contribution in [3.8, 4) is 5.75 Å². The number of nitrogens with zero attached hydrogens (tertiary/aromatic N) is 1. The number of ether oxygens (including phenoxy) is 1. The maximum absolute atomic E-state index is 12.4. The van der Waals surface area contributed by atoms with E-state index in [4.69, 9.17) is 10.5 Å². The smallest absolute Gasteiger partial charge is 0.228 e. The van der Waals surface area contributed by atoms with Crippen molar-refractivity contribution in [1.82, 2.24) is 4.90 Å². The van der Waals surface area contributed by atoms with Crippen LogP contribution in [-0.4, -0.2) is 37.0 Å². The van der Waals surface area contributed by atoms with Gasteiger partial charge in [-0.25, -0.2) is 0 Å². The van der Waals surface area contributed by atoms with E-state index in [9.17, 15) is 4.79 Å². The summed E-state index contributed by atoms with van der Waals surface area (Å²) in [5.74, 6) is 1.07. The predicted octanol–water partition coefficient (Wildman–Crippen LogP) is 2.93. The monoisotopic (exact) mass is 364 g/mol. The Labute approximate surface area is 161 Å². The average molecular weight is 364 g/mol. The molecule has 27 heavy (non-hydrogen) atoms. The van der Waals surface area contributed by atoms with Crippen LogP contribution in [-0.2, 0) is 23.1 Å². The first-order chi connectivity index (χ1) is 13.1. The molecule has 4 heteroatoms. The Balaban J connectivity index is 1.41. The largest absolute Gasteiger partial charge is 0.493 e. The zero-order chi connectivity index (χ0) is 18.9. The summed E-state index contributed by atoms with van der Waals surface area (Å²) in [6.45, 7) is 5.77. The van der Waals surface area contributed by atoms with Gasteiger partial charge in [0.25, 0.3) is 0 Å².